The Hall–Kier alpha value is -1.92. The van der Waals surface area contributed by atoms with Crippen molar-refractivity contribution >= 4 is 16.9 Å². The molecular weight excluding hydrogens is 374 g/mol. The Morgan fingerprint density at radius 1 is 1.17 bits per heavy atom. The molecule has 0 bridgehead atoms. The number of nitrogens with one attached hydrogen (secondary N) is 1. The van der Waals surface area contributed by atoms with Crippen molar-refractivity contribution in [3.8, 4) is 0 Å². The molecule has 3 heterocycles. The van der Waals surface area contributed by atoms with Crippen molar-refractivity contribution in [2.24, 2.45) is 13.0 Å². The minimum atomic E-state index is 0.236. The summed E-state index contributed by atoms with van der Waals surface area (Å²) < 4.78 is 2.22. The fourth-order valence-electron chi connectivity index (χ4n) is 5.17. The molecule has 1 N–H and O–H groups in total. The number of hydrogen-bond acceptors (Lipinski definition) is 4. The van der Waals surface area contributed by atoms with E-state index in [1.54, 1.807) is 0 Å². The highest BCUT2D eigenvalue weighted by molar-refractivity contribution is 5.76. The summed E-state index contributed by atoms with van der Waals surface area (Å²) in [5.74, 6) is 2.05. The van der Waals surface area contributed by atoms with Crippen LogP contribution in [0.4, 0.5) is 0 Å². The summed E-state index contributed by atoms with van der Waals surface area (Å²) in [6, 6.07) is 8.89. The maximum absolute atomic E-state index is 12.3. The molecule has 30 heavy (non-hydrogen) atoms. The molecule has 1 aromatic heterocycles. The number of benzene rings is 1. The van der Waals surface area contributed by atoms with Crippen LogP contribution in [-0.4, -0.2) is 64.0 Å². The van der Waals surface area contributed by atoms with E-state index < -0.39 is 0 Å². The van der Waals surface area contributed by atoms with Crippen molar-refractivity contribution in [2.75, 3.05) is 32.7 Å². The Morgan fingerprint density at radius 2 is 1.97 bits per heavy atom. The first kappa shape index (κ1) is 21.3. The van der Waals surface area contributed by atoms with Crippen LogP contribution in [0.15, 0.2) is 24.3 Å². The molecule has 6 nitrogen and oxygen atoms in total. The number of imidazole rings is 1. The predicted octanol–water partition coefficient (Wildman–Crippen LogP) is 3.17. The fraction of sp³-hybridized carbons (Fsp3) is 0.667. The molecular formula is C24H37N5O. The summed E-state index contributed by atoms with van der Waals surface area (Å²) in [7, 11) is 2.11. The fourth-order valence-corrected chi connectivity index (χ4v) is 5.17. The second-order valence-electron chi connectivity index (χ2n) is 9.06. The third kappa shape index (κ3) is 5.03. The minimum Gasteiger partial charge on any atom is -0.355 e. The average molecular weight is 412 g/mol. The minimum absolute atomic E-state index is 0.236. The summed E-state index contributed by atoms with van der Waals surface area (Å²) >= 11 is 0. The number of aryl methyl sites for hydroxylation is 1. The first-order valence-corrected chi connectivity index (χ1v) is 11.8. The lowest BCUT2D eigenvalue weighted by atomic mass is 9.92. The van der Waals surface area contributed by atoms with E-state index in [1.165, 1.54) is 37.7 Å². The highest BCUT2D eigenvalue weighted by Crippen LogP contribution is 2.24. The molecule has 1 amide bonds. The number of carbonyl (C=O) groups excluding carboxylic acids is 1. The molecule has 2 saturated heterocycles. The van der Waals surface area contributed by atoms with Crippen molar-refractivity contribution in [2.45, 2.75) is 58.0 Å². The molecule has 2 aromatic rings. The van der Waals surface area contributed by atoms with Gasteiger partial charge in [-0.25, -0.2) is 4.98 Å². The van der Waals surface area contributed by atoms with Crippen molar-refractivity contribution in [3.05, 3.63) is 30.1 Å². The molecule has 0 spiro atoms. The number of fused-ring (bicyclic) bond motifs is 1. The maximum atomic E-state index is 12.3. The summed E-state index contributed by atoms with van der Waals surface area (Å²) in [5, 5.41) is 3.19. The van der Waals surface area contributed by atoms with Gasteiger partial charge in [-0.3, -0.25) is 14.6 Å². The Labute approximate surface area is 180 Å². The zero-order valence-electron chi connectivity index (χ0n) is 18.6. The van der Waals surface area contributed by atoms with Crippen LogP contribution in [0.2, 0.25) is 0 Å². The second-order valence-corrected chi connectivity index (χ2v) is 9.06. The van der Waals surface area contributed by atoms with E-state index in [0.717, 1.165) is 50.5 Å². The molecule has 0 saturated carbocycles. The molecule has 2 fully saturated rings. The number of rotatable bonds is 8. The van der Waals surface area contributed by atoms with Crippen LogP contribution in [0.3, 0.4) is 0 Å². The molecule has 0 radical (unpaired) electrons. The largest absolute Gasteiger partial charge is 0.355 e. The van der Waals surface area contributed by atoms with E-state index in [2.05, 4.69) is 51.9 Å². The summed E-state index contributed by atoms with van der Waals surface area (Å²) in [6.07, 6.45) is 6.55. The summed E-state index contributed by atoms with van der Waals surface area (Å²) in [4.78, 5) is 22.1. The predicted molar refractivity (Wildman–Crippen MR) is 121 cm³/mol. The van der Waals surface area contributed by atoms with Gasteiger partial charge in [0.05, 0.1) is 17.6 Å². The number of likely N-dealkylation sites (tertiary alicyclic amines) is 2. The molecule has 6 heteroatoms. The quantitative estimate of drug-likeness (QED) is 0.725. The van der Waals surface area contributed by atoms with Gasteiger partial charge in [-0.2, -0.15) is 0 Å². The topological polar surface area (TPSA) is 53.4 Å². The Bertz CT molecular complexity index is 839. The standard InChI is InChI=1S/C24H37N5O/c1-3-29-14-6-7-20(29)17-25-24(30)11-10-19-12-15-28(16-13-19)18-23-26-21-8-4-5-9-22(21)27(23)2/h4-5,8-9,19-20H,3,6-7,10-18H2,1-2H3,(H,25,30)/t20-/m0/s1. The number of carbonyl (C=O) groups is 1. The summed E-state index contributed by atoms with van der Waals surface area (Å²) in [6.45, 7) is 8.42. The van der Waals surface area contributed by atoms with Crippen LogP contribution in [0.25, 0.3) is 11.0 Å². The monoisotopic (exact) mass is 411 g/mol. The molecule has 0 unspecified atom stereocenters. The van der Waals surface area contributed by atoms with Crippen LogP contribution in [0.1, 0.15) is 51.3 Å². The molecule has 2 aliphatic rings. The average Bonchev–Trinajstić information content (AvgIpc) is 3.36. The molecule has 0 aliphatic carbocycles. The van der Waals surface area contributed by atoms with Crippen molar-refractivity contribution < 1.29 is 4.79 Å². The van der Waals surface area contributed by atoms with Gasteiger partial charge in [0.1, 0.15) is 5.82 Å². The molecule has 1 atom stereocenters. The lowest BCUT2D eigenvalue weighted by Gasteiger charge is -2.31. The molecule has 164 valence electrons. The van der Waals surface area contributed by atoms with Crippen LogP contribution in [0.5, 0.6) is 0 Å². The zero-order chi connectivity index (χ0) is 20.9. The van der Waals surface area contributed by atoms with Gasteiger partial charge in [0.15, 0.2) is 0 Å². The van der Waals surface area contributed by atoms with Gasteiger partial charge in [-0.15, -0.1) is 0 Å². The van der Waals surface area contributed by atoms with Crippen molar-refractivity contribution in [1.82, 2.24) is 24.7 Å². The van der Waals surface area contributed by atoms with Crippen molar-refractivity contribution in [3.63, 3.8) is 0 Å². The third-order valence-corrected chi connectivity index (χ3v) is 7.17. The maximum Gasteiger partial charge on any atom is 0.220 e. The van der Waals surface area contributed by atoms with Gasteiger partial charge in [0, 0.05) is 26.1 Å². The van der Waals surface area contributed by atoms with Gasteiger partial charge in [-0.05, 0) is 76.3 Å². The number of hydrogen-bond donors (Lipinski definition) is 1. The van der Waals surface area contributed by atoms with E-state index in [1.807, 2.05) is 6.07 Å². The van der Waals surface area contributed by atoms with Gasteiger partial charge in [0.25, 0.3) is 0 Å². The van der Waals surface area contributed by atoms with Gasteiger partial charge in [-0.1, -0.05) is 19.1 Å². The van der Waals surface area contributed by atoms with Gasteiger partial charge >= 0.3 is 0 Å². The Balaban J connectivity index is 1.16. The number of para-hydroxylation sites is 2. The van der Waals surface area contributed by atoms with Crippen molar-refractivity contribution in [1.29, 1.82) is 0 Å². The molecule has 1 aromatic carbocycles. The summed E-state index contributed by atoms with van der Waals surface area (Å²) in [5.41, 5.74) is 2.28. The number of piperidine rings is 1. The van der Waals surface area contributed by atoms with Crippen LogP contribution in [-0.2, 0) is 18.4 Å². The van der Waals surface area contributed by atoms with E-state index >= 15 is 0 Å². The first-order valence-electron chi connectivity index (χ1n) is 11.8. The molecule has 4 rings (SSSR count). The van der Waals surface area contributed by atoms with Crippen LogP contribution >= 0.6 is 0 Å². The lowest BCUT2D eigenvalue weighted by molar-refractivity contribution is -0.121. The smallest absolute Gasteiger partial charge is 0.220 e. The van der Waals surface area contributed by atoms with Crippen LogP contribution in [0, 0.1) is 5.92 Å². The normalized spacial score (nSPS) is 21.5. The highest BCUT2D eigenvalue weighted by Gasteiger charge is 2.24. The van der Waals surface area contributed by atoms with Crippen LogP contribution < -0.4 is 5.32 Å². The molecule has 2 aliphatic heterocycles. The second kappa shape index (κ2) is 9.92. The Morgan fingerprint density at radius 3 is 2.73 bits per heavy atom. The van der Waals surface area contributed by atoms with Gasteiger partial charge < -0.3 is 9.88 Å². The number of amides is 1. The van der Waals surface area contributed by atoms with E-state index in [0.29, 0.717) is 18.4 Å². The number of likely N-dealkylation sites (N-methyl/N-ethyl adjacent to an activating group) is 1. The SMILES string of the molecule is CCN1CCC[C@H]1CNC(=O)CCC1CCN(Cc2nc3ccccc3n2C)CC1. The Kier molecular flexibility index (Phi) is 7.05. The van der Waals surface area contributed by atoms with Gasteiger partial charge in [0.2, 0.25) is 5.91 Å². The first-order chi connectivity index (χ1) is 14.6. The van der Waals surface area contributed by atoms with E-state index in [-0.39, 0.29) is 5.91 Å². The highest BCUT2D eigenvalue weighted by atomic mass is 16.1. The number of nitrogens with zero attached hydrogens (tertiary/aromatic N) is 4. The third-order valence-electron chi connectivity index (χ3n) is 7.17. The number of aromatic nitrogens is 2. The van der Waals surface area contributed by atoms with E-state index in [9.17, 15) is 4.79 Å². The lowest BCUT2D eigenvalue weighted by Crippen LogP contribution is -2.40. The zero-order valence-corrected chi connectivity index (χ0v) is 18.6. The van der Waals surface area contributed by atoms with E-state index in [4.69, 9.17) is 4.98 Å².